The number of carboxylic acids is 2. The van der Waals surface area contributed by atoms with Gasteiger partial charge in [0.2, 0.25) is 0 Å². The molecule has 0 atom stereocenters. The molecule has 9 heteroatoms. The van der Waals surface area contributed by atoms with E-state index in [2.05, 4.69) is 4.72 Å². The first-order valence-electron chi connectivity index (χ1n) is 6.09. The van der Waals surface area contributed by atoms with Gasteiger partial charge in [-0.2, -0.15) is 0 Å². The largest absolute Gasteiger partial charge is 0.872 e. The molecule has 2 N–H and O–H groups in total. The number of benzene rings is 2. The lowest BCUT2D eigenvalue weighted by Crippen LogP contribution is -2.23. The zero-order valence-corrected chi connectivity index (χ0v) is 12.2. The molecule has 2 aromatic rings. The summed E-state index contributed by atoms with van der Waals surface area (Å²) in [6.45, 7) is 0. The Kier molecular flexibility index (Phi) is 4.23. The topological polar surface area (TPSA) is 147 Å². The fraction of sp³-hybridized carbons (Fsp3) is 0. The highest BCUT2D eigenvalue weighted by Crippen LogP contribution is 2.22. The van der Waals surface area contributed by atoms with E-state index in [9.17, 15) is 28.2 Å². The van der Waals surface area contributed by atoms with Crippen LogP contribution < -0.4 is 14.9 Å². The second-order valence-electron chi connectivity index (χ2n) is 4.44. The summed E-state index contributed by atoms with van der Waals surface area (Å²) in [6, 6.07) is 7.36. The number of carbonyl (C=O) groups is 2. The summed E-state index contributed by atoms with van der Waals surface area (Å²) in [6.07, 6.45) is 0. The highest BCUT2D eigenvalue weighted by atomic mass is 32.2. The number of carbonyl (C=O) groups excluding carboxylic acids is 1. The van der Waals surface area contributed by atoms with Crippen LogP contribution in [0.5, 0.6) is 5.75 Å². The SMILES string of the molecule is O=C([O-])c1cccc(S(=O)(=O)Nc2ccc([O-])c(C(=O)O)c2)c1. The van der Waals surface area contributed by atoms with Crippen LogP contribution >= 0.6 is 0 Å². The molecule has 0 heterocycles. The molecule has 0 aliphatic rings. The lowest BCUT2D eigenvalue weighted by atomic mass is 10.2. The molecule has 0 aliphatic heterocycles. The van der Waals surface area contributed by atoms with Crippen molar-refractivity contribution in [2.24, 2.45) is 0 Å². The molecule has 23 heavy (non-hydrogen) atoms. The maximum atomic E-state index is 12.2. The summed E-state index contributed by atoms with van der Waals surface area (Å²) in [5.41, 5.74) is -1.05. The summed E-state index contributed by atoms with van der Waals surface area (Å²) >= 11 is 0. The van der Waals surface area contributed by atoms with E-state index in [1.807, 2.05) is 0 Å². The number of carboxylic acid groups (broad SMARTS) is 2. The molecule has 0 spiro atoms. The zero-order valence-electron chi connectivity index (χ0n) is 11.3. The lowest BCUT2D eigenvalue weighted by Gasteiger charge is -2.14. The molecule has 0 amide bonds. The average Bonchev–Trinajstić information content (AvgIpc) is 2.49. The minimum atomic E-state index is -4.16. The van der Waals surface area contributed by atoms with Crippen molar-refractivity contribution in [2.75, 3.05) is 4.72 Å². The normalized spacial score (nSPS) is 11.0. The fourth-order valence-electron chi connectivity index (χ4n) is 1.76. The number of rotatable bonds is 5. The highest BCUT2D eigenvalue weighted by molar-refractivity contribution is 7.92. The van der Waals surface area contributed by atoms with Crippen LogP contribution in [0.15, 0.2) is 47.4 Å². The Morgan fingerprint density at radius 2 is 1.78 bits per heavy atom. The Morgan fingerprint density at radius 1 is 1.09 bits per heavy atom. The van der Waals surface area contributed by atoms with Crippen LogP contribution in [0.1, 0.15) is 20.7 Å². The highest BCUT2D eigenvalue weighted by Gasteiger charge is 2.16. The molecule has 0 saturated carbocycles. The maximum absolute atomic E-state index is 12.2. The second-order valence-corrected chi connectivity index (χ2v) is 6.12. The maximum Gasteiger partial charge on any atom is 0.335 e. The van der Waals surface area contributed by atoms with Crippen LogP contribution in [-0.4, -0.2) is 25.5 Å². The van der Waals surface area contributed by atoms with Crippen molar-refractivity contribution in [2.45, 2.75) is 4.90 Å². The van der Waals surface area contributed by atoms with Gasteiger partial charge in [0.05, 0.1) is 16.4 Å². The van der Waals surface area contributed by atoms with Gasteiger partial charge < -0.3 is 20.1 Å². The summed E-state index contributed by atoms with van der Waals surface area (Å²) in [5, 5.41) is 31.0. The molecule has 8 nitrogen and oxygen atoms in total. The Balaban J connectivity index is 2.39. The van der Waals surface area contributed by atoms with E-state index >= 15 is 0 Å². The number of anilines is 1. The van der Waals surface area contributed by atoms with Gasteiger partial charge in [0.25, 0.3) is 10.0 Å². The van der Waals surface area contributed by atoms with Crippen molar-refractivity contribution in [3.63, 3.8) is 0 Å². The molecule has 0 radical (unpaired) electrons. The third kappa shape index (κ3) is 3.58. The Bertz CT molecular complexity index is 890. The van der Waals surface area contributed by atoms with E-state index < -0.39 is 33.3 Å². The first-order chi connectivity index (χ1) is 10.7. The fourth-order valence-corrected chi connectivity index (χ4v) is 2.86. The Labute approximate surface area is 130 Å². The van der Waals surface area contributed by atoms with Crippen molar-refractivity contribution in [3.8, 4) is 5.75 Å². The summed E-state index contributed by atoms with van der Waals surface area (Å²) in [4.78, 5) is 21.3. The first kappa shape index (κ1) is 16.3. The van der Waals surface area contributed by atoms with Crippen LogP contribution in [0, 0.1) is 0 Å². The summed E-state index contributed by atoms with van der Waals surface area (Å²) in [7, 11) is -4.16. The molecule has 0 aromatic heterocycles. The summed E-state index contributed by atoms with van der Waals surface area (Å²) < 4.78 is 26.5. The first-order valence-corrected chi connectivity index (χ1v) is 7.57. The predicted molar refractivity (Wildman–Crippen MR) is 74.4 cm³/mol. The van der Waals surface area contributed by atoms with Crippen molar-refractivity contribution >= 4 is 27.6 Å². The van der Waals surface area contributed by atoms with E-state index in [0.717, 1.165) is 30.3 Å². The van der Waals surface area contributed by atoms with Crippen molar-refractivity contribution in [3.05, 3.63) is 53.6 Å². The van der Waals surface area contributed by atoms with Crippen molar-refractivity contribution in [1.29, 1.82) is 0 Å². The molecule has 0 saturated heterocycles. The lowest BCUT2D eigenvalue weighted by molar-refractivity contribution is -0.268. The van der Waals surface area contributed by atoms with E-state index in [0.29, 0.717) is 0 Å². The molecule has 120 valence electrons. The van der Waals surface area contributed by atoms with Gasteiger partial charge in [-0.1, -0.05) is 23.9 Å². The van der Waals surface area contributed by atoms with Gasteiger partial charge in [-0.3, -0.25) is 4.72 Å². The van der Waals surface area contributed by atoms with Gasteiger partial charge >= 0.3 is 5.97 Å². The standard InChI is InChI=1S/C14H11NO7S/c16-12-5-4-9(7-11(12)14(19)20)15-23(21,22)10-3-1-2-8(6-10)13(17)18/h1-7,15-16H,(H,17,18)(H,19,20)/p-2. The van der Waals surface area contributed by atoms with Crippen LogP contribution in [0.3, 0.4) is 0 Å². The van der Waals surface area contributed by atoms with Gasteiger partial charge in [-0.25, -0.2) is 13.2 Å². The van der Waals surface area contributed by atoms with Crippen LogP contribution in [-0.2, 0) is 10.0 Å². The third-order valence-electron chi connectivity index (χ3n) is 2.84. The smallest absolute Gasteiger partial charge is 0.335 e. The van der Waals surface area contributed by atoms with Gasteiger partial charge in [0.15, 0.2) is 0 Å². The van der Waals surface area contributed by atoms with Gasteiger partial charge in [0.1, 0.15) is 0 Å². The molecular formula is C14H9NO7S-2. The number of nitrogens with one attached hydrogen (secondary N) is 1. The van der Waals surface area contributed by atoms with E-state index in [1.54, 1.807) is 0 Å². The molecule has 0 fully saturated rings. The number of sulfonamides is 1. The van der Waals surface area contributed by atoms with Gasteiger partial charge in [0, 0.05) is 5.69 Å². The monoisotopic (exact) mass is 335 g/mol. The van der Waals surface area contributed by atoms with Crippen LogP contribution in [0.25, 0.3) is 0 Å². The molecule has 0 bridgehead atoms. The number of hydrogen-bond donors (Lipinski definition) is 2. The quantitative estimate of drug-likeness (QED) is 0.757. The zero-order chi connectivity index (χ0) is 17.2. The number of hydrogen-bond acceptors (Lipinski definition) is 6. The molecule has 2 aromatic carbocycles. The third-order valence-corrected chi connectivity index (χ3v) is 4.22. The minimum absolute atomic E-state index is 0.138. The molecule has 0 unspecified atom stereocenters. The minimum Gasteiger partial charge on any atom is -0.872 e. The van der Waals surface area contributed by atoms with E-state index in [1.165, 1.54) is 12.1 Å². The van der Waals surface area contributed by atoms with Crippen molar-refractivity contribution in [1.82, 2.24) is 0 Å². The average molecular weight is 335 g/mol. The van der Waals surface area contributed by atoms with E-state index in [-0.39, 0.29) is 16.1 Å². The molecule has 0 aliphatic carbocycles. The molecule has 2 rings (SSSR count). The summed E-state index contributed by atoms with van der Waals surface area (Å²) in [5.74, 6) is -3.79. The Hall–Kier alpha value is -3.07. The number of aromatic carboxylic acids is 2. The van der Waals surface area contributed by atoms with Crippen LogP contribution in [0.2, 0.25) is 0 Å². The Morgan fingerprint density at radius 3 is 2.39 bits per heavy atom. The van der Waals surface area contributed by atoms with Gasteiger partial charge in [-0.05, 0) is 29.8 Å². The molecular weight excluding hydrogens is 326 g/mol. The van der Waals surface area contributed by atoms with Crippen LogP contribution in [0.4, 0.5) is 5.69 Å². The second kappa shape index (κ2) is 5.97. The van der Waals surface area contributed by atoms with Crippen molar-refractivity contribution < 1.29 is 33.3 Å². The predicted octanol–water partition coefficient (Wildman–Crippen LogP) is -0.377. The van der Waals surface area contributed by atoms with E-state index in [4.69, 9.17) is 5.11 Å². The van der Waals surface area contributed by atoms with Gasteiger partial charge in [-0.15, -0.1) is 0 Å².